The monoisotopic (exact) mass is 365 g/mol. The fourth-order valence-corrected chi connectivity index (χ4v) is 3.52. The van der Waals surface area contributed by atoms with Gasteiger partial charge in [-0.1, -0.05) is 48.5 Å². The van der Waals surface area contributed by atoms with Crippen LogP contribution in [0, 0.1) is 5.92 Å². The summed E-state index contributed by atoms with van der Waals surface area (Å²) in [5, 5.41) is 5.97. The normalized spacial score (nSPS) is 17.1. The molecule has 0 radical (unpaired) electrons. The highest BCUT2D eigenvalue weighted by molar-refractivity contribution is 5.96. The van der Waals surface area contributed by atoms with Crippen molar-refractivity contribution in [2.75, 3.05) is 26.0 Å². The molecule has 0 aromatic heterocycles. The standard InChI is InChI=1S/C22H27N3O2/c1-25(2)20(16-8-4-3-5-9-16)15-23-21(26)13-12-18-14-17-10-6-7-11-19(17)24-22(18)27/h3-11,18,20H,12-15H2,1-2H3,(H,23,26)(H,24,27)/t18-,20-/m0/s1. The van der Waals surface area contributed by atoms with Gasteiger partial charge in [0.15, 0.2) is 0 Å². The zero-order valence-corrected chi connectivity index (χ0v) is 15.9. The van der Waals surface area contributed by atoms with E-state index in [2.05, 4.69) is 27.7 Å². The van der Waals surface area contributed by atoms with Crippen LogP contribution in [0.15, 0.2) is 54.6 Å². The first-order valence-corrected chi connectivity index (χ1v) is 9.41. The lowest BCUT2D eigenvalue weighted by Crippen LogP contribution is -2.35. The van der Waals surface area contributed by atoms with E-state index in [1.54, 1.807) is 0 Å². The molecule has 1 aliphatic rings. The molecule has 5 nitrogen and oxygen atoms in total. The van der Waals surface area contributed by atoms with Crippen LogP contribution in [0.3, 0.4) is 0 Å². The van der Waals surface area contributed by atoms with E-state index >= 15 is 0 Å². The molecule has 3 rings (SSSR count). The number of nitrogens with zero attached hydrogens (tertiary/aromatic N) is 1. The minimum Gasteiger partial charge on any atom is -0.354 e. The number of fused-ring (bicyclic) bond motifs is 1. The highest BCUT2D eigenvalue weighted by Gasteiger charge is 2.26. The fraction of sp³-hybridized carbons (Fsp3) is 0.364. The molecule has 2 N–H and O–H groups in total. The molecule has 2 aromatic carbocycles. The maximum absolute atomic E-state index is 12.3. The van der Waals surface area contributed by atoms with Crippen LogP contribution >= 0.6 is 0 Å². The van der Waals surface area contributed by atoms with Gasteiger partial charge in [-0.15, -0.1) is 0 Å². The average molecular weight is 365 g/mol. The van der Waals surface area contributed by atoms with Gasteiger partial charge in [0.1, 0.15) is 0 Å². The molecule has 0 fully saturated rings. The minimum absolute atomic E-state index is 0.00978. The predicted molar refractivity (Wildman–Crippen MR) is 107 cm³/mol. The van der Waals surface area contributed by atoms with E-state index in [4.69, 9.17) is 0 Å². The van der Waals surface area contributed by atoms with Gasteiger partial charge in [-0.25, -0.2) is 0 Å². The number of nitrogens with one attached hydrogen (secondary N) is 2. The van der Waals surface area contributed by atoms with Gasteiger partial charge in [-0.3, -0.25) is 9.59 Å². The summed E-state index contributed by atoms with van der Waals surface area (Å²) in [6, 6.07) is 18.1. The minimum atomic E-state index is -0.149. The van der Waals surface area contributed by atoms with Gasteiger partial charge in [0, 0.05) is 24.6 Å². The summed E-state index contributed by atoms with van der Waals surface area (Å²) in [7, 11) is 4.02. The quantitative estimate of drug-likeness (QED) is 0.793. The molecule has 1 heterocycles. The van der Waals surface area contributed by atoms with E-state index in [0.717, 1.165) is 11.3 Å². The number of rotatable bonds is 7. The molecule has 0 unspecified atom stereocenters. The van der Waals surface area contributed by atoms with Crippen molar-refractivity contribution in [3.8, 4) is 0 Å². The smallest absolute Gasteiger partial charge is 0.227 e. The van der Waals surface area contributed by atoms with Crippen LogP contribution < -0.4 is 10.6 Å². The molecular formula is C22H27N3O2. The van der Waals surface area contributed by atoms with Crippen molar-refractivity contribution in [1.29, 1.82) is 0 Å². The van der Waals surface area contributed by atoms with Gasteiger partial charge in [0.2, 0.25) is 11.8 Å². The topological polar surface area (TPSA) is 61.4 Å². The third-order valence-electron chi connectivity index (χ3n) is 5.13. The highest BCUT2D eigenvalue weighted by atomic mass is 16.2. The van der Waals surface area contributed by atoms with Crippen LogP contribution in [0.4, 0.5) is 5.69 Å². The Labute approximate surface area is 160 Å². The summed E-state index contributed by atoms with van der Waals surface area (Å²) in [4.78, 5) is 26.7. The lowest BCUT2D eigenvalue weighted by atomic mass is 9.89. The van der Waals surface area contributed by atoms with Crippen molar-refractivity contribution in [2.45, 2.75) is 25.3 Å². The Bertz CT molecular complexity index is 789. The average Bonchev–Trinajstić information content (AvgIpc) is 2.67. The van der Waals surface area contributed by atoms with Crippen molar-refractivity contribution in [3.63, 3.8) is 0 Å². The van der Waals surface area contributed by atoms with E-state index in [9.17, 15) is 9.59 Å². The number of carbonyl (C=O) groups is 2. The van der Waals surface area contributed by atoms with Crippen LogP contribution in [0.1, 0.15) is 30.0 Å². The number of hydrogen-bond donors (Lipinski definition) is 2. The Balaban J connectivity index is 1.50. The van der Waals surface area contributed by atoms with Gasteiger partial charge in [0.05, 0.1) is 6.04 Å². The second kappa shape index (κ2) is 8.82. The summed E-state index contributed by atoms with van der Waals surface area (Å²) in [6.45, 7) is 0.551. The molecule has 0 aliphatic carbocycles. The molecule has 0 saturated heterocycles. The third kappa shape index (κ3) is 4.95. The SMILES string of the molecule is CN(C)[C@@H](CNC(=O)CC[C@H]1Cc2ccccc2NC1=O)c1ccccc1. The van der Waals surface area contributed by atoms with Gasteiger partial charge in [0.25, 0.3) is 0 Å². The number of likely N-dealkylation sites (N-methyl/N-ethyl adjacent to an activating group) is 1. The van der Waals surface area contributed by atoms with Crippen LogP contribution in [0.2, 0.25) is 0 Å². The van der Waals surface area contributed by atoms with Crippen molar-refractivity contribution in [1.82, 2.24) is 10.2 Å². The number of carbonyl (C=O) groups excluding carboxylic acids is 2. The zero-order valence-electron chi connectivity index (χ0n) is 15.9. The summed E-state index contributed by atoms with van der Waals surface area (Å²) in [5.41, 5.74) is 3.20. The largest absolute Gasteiger partial charge is 0.354 e. The molecule has 0 saturated carbocycles. The van der Waals surface area contributed by atoms with E-state index in [0.29, 0.717) is 25.8 Å². The zero-order chi connectivity index (χ0) is 19.2. The molecule has 27 heavy (non-hydrogen) atoms. The Morgan fingerprint density at radius 3 is 2.59 bits per heavy atom. The maximum atomic E-state index is 12.3. The highest BCUT2D eigenvalue weighted by Crippen LogP contribution is 2.27. The lowest BCUT2D eigenvalue weighted by molar-refractivity contribution is -0.123. The number of benzene rings is 2. The second-order valence-electron chi connectivity index (χ2n) is 7.28. The first-order valence-electron chi connectivity index (χ1n) is 9.41. The molecule has 2 aromatic rings. The van der Waals surface area contributed by atoms with Gasteiger partial charge in [-0.2, -0.15) is 0 Å². The number of para-hydroxylation sites is 1. The van der Waals surface area contributed by atoms with Gasteiger partial charge < -0.3 is 15.5 Å². The van der Waals surface area contributed by atoms with Crippen molar-refractivity contribution >= 4 is 17.5 Å². The molecule has 5 heteroatoms. The maximum Gasteiger partial charge on any atom is 0.227 e. The first-order chi connectivity index (χ1) is 13.0. The van der Waals surface area contributed by atoms with E-state index < -0.39 is 0 Å². The molecule has 0 spiro atoms. The summed E-state index contributed by atoms with van der Waals surface area (Å²) < 4.78 is 0. The Morgan fingerprint density at radius 2 is 1.85 bits per heavy atom. The van der Waals surface area contributed by atoms with Crippen molar-refractivity contribution in [3.05, 3.63) is 65.7 Å². The molecule has 1 aliphatic heterocycles. The van der Waals surface area contributed by atoms with Crippen molar-refractivity contribution < 1.29 is 9.59 Å². The summed E-state index contributed by atoms with van der Waals surface area (Å²) >= 11 is 0. The molecule has 2 amide bonds. The van der Waals surface area contributed by atoms with Crippen LogP contribution in [0.25, 0.3) is 0 Å². The number of amides is 2. The molecule has 142 valence electrons. The van der Waals surface area contributed by atoms with Gasteiger partial charge >= 0.3 is 0 Å². The predicted octanol–water partition coefficient (Wildman–Crippen LogP) is 3.00. The molecule has 0 bridgehead atoms. The van der Waals surface area contributed by atoms with Crippen LogP contribution in [-0.4, -0.2) is 37.4 Å². The lowest BCUT2D eigenvalue weighted by Gasteiger charge is -2.26. The summed E-state index contributed by atoms with van der Waals surface area (Å²) in [6.07, 6.45) is 1.61. The Hall–Kier alpha value is -2.66. The van der Waals surface area contributed by atoms with Crippen molar-refractivity contribution in [2.24, 2.45) is 5.92 Å². The summed E-state index contributed by atoms with van der Waals surface area (Å²) in [5.74, 6) is -0.147. The van der Waals surface area contributed by atoms with Crippen LogP contribution in [0.5, 0.6) is 0 Å². The van der Waals surface area contributed by atoms with Gasteiger partial charge in [-0.05, 0) is 44.1 Å². The van der Waals surface area contributed by atoms with E-state index in [1.807, 2.05) is 56.6 Å². The molecular weight excluding hydrogens is 338 g/mol. The fourth-order valence-electron chi connectivity index (χ4n) is 3.52. The first kappa shape index (κ1) is 19.1. The van der Waals surface area contributed by atoms with E-state index in [-0.39, 0.29) is 23.8 Å². The Kier molecular flexibility index (Phi) is 6.24. The number of hydrogen-bond acceptors (Lipinski definition) is 3. The van der Waals surface area contributed by atoms with E-state index in [1.165, 1.54) is 5.56 Å². The number of anilines is 1. The molecule has 2 atom stereocenters. The third-order valence-corrected chi connectivity index (χ3v) is 5.13. The second-order valence-corrected chi connectivity index (χ2v) is 7.28. The van der Waals surface area contributed by atoms with Crippen LogP contribution in [-0.2, 0) is 16.0 Å². The Morgan fingerprint density at radius 1 is 1.15 bits per heavy atom.